The first-order valence-electron chi connectivity index (χ1n) is 6.10. The molecule has 0 bridgehead atoms. The van der Waals surface area contributed by atoms with Crippen molar-refractivity contribution < 1.29 is 9.59 Å². The summed E-state index contributed by atoms with van der Waals surface area (Å²) < 4.78 is 0. The molecule has 2 amide bonds. The first kappa shape index (κ1) is 16.9. The van der Waals surface area contributed by atoms with Gasteiger partial charge in [0.1, 0.15) is 0 Å². The Morgan fingerprint density at radius 2 is 1.83 bits per heavy atom. The quantitative estimate of drug-likeness (QED) is 0.563. The molecule has 0 aliphatic heterocycles. The molecule has 0 rings (SSSR count). The van der Waals surface area contributed by atoms with Crippen LogP contribution < -0.4 is 16.4 Å². The number of nitrogens with one attached hydrogen (secondary N) is 2. The Bertz CT molecular complexity index is 284. The molecule has 0 radical (unpaired) electrons. The van der Waals surface area contributed by atoms with E-state index in [2.05, 4.69) is 10.6 Å². The molecule has 6 nitrogen and oxygen atoms in total. The fourth-order valence-corrected chi connectivity index (χ4v) is 1.39. The fraction of sp³-hybridized carbons (Fsp3) is 0.833. The van der Waals surface area contributed by atoms with Gasteiger partial charge in [0.2, 0.25) is 11.8 Å². The van der Waals surface area contributed by atoms with E-state index in [1.807, 2.05) is 39.8 Å². The third-order valence-electron chi connectivity index (χ3n) is 2.20. The number of hydrogen-bond acceptors (Lipinski definition) is 4. The summed E-state index contributed by atoms with van der Waals surface area (Å²) in [6.45, 7) is 7.07. The number of amides is 2. The number of nitrogens with zero attached hydrogens (tertiary/aromatic N) is 1. The third kappa shape index (κ3) is 8.95. The van der Waals surface area contributed by atoms with E-state index in [-0.39, 0.29) is 17.9 Å². The summed E-state index contributed by atoms with van der Waals surface area (Å²) in [7, 11) is 3.88. The number of carbonyl (C=O) groups excluding carboxylic acids is 2. The van der Waals surface area contributed by atoms with E-state index in [4.69, 9.17) is 5.73 Å². The molecule has 4 N–H and O–H groups in total. The number of carbonyl (C=O) groups is 2. The molecule has 0 saturated heterocycles. The minimum atomic E-state index is -0.618. The molecule has 0 heterocycles. The minimum absolute atomic E-state index is 0.0695. The van der Waals surface area contributed by atoms with Crippen molar-refractivity contribution in [2.24, 2.45) is 5.73 Å². The summed E-state index contributed by atoms with van der Waals surface area (Å²) in [5.41, 5.74) is 4.97. The summed E-state index contributed by atoms with van der Waals surface area (Å²) in [5.74, 6) is -0.679. The highest BCUT2D eigenvalue weighted by Gasteiger charge is 2.21. The van der Waals surface area contributed by atoms with E-state index in [0.29, 0.717) is 6.54 Å². The number of primary amides is 1. The van der Waals surface area contributed by atoms with Crippen LogP contribution >= 0.6 is 0 Å². The van der Waals surface area contributed by atoms with Crippen LogP contribution in [0.15, 0.2) is 0 Å². The van der Waals surface area contributed by atoms with Crippen molar-refractivity contribution in [3.05, 3.63) is 0 Å². The van der Waals surface area contributed by atoms with Crippen molar-refractivity contribution in [3.8, 4) is 0 Å². The van der Waals surface area contributed by atoms with Crippen molar-refractivity contribution in [1.82, 2.24) is 15.5 Å². The van der Waals surface area contributed by atoms with Gasteiger partial charge in [-0.3, -0.25) is 9.59 Å². The maximum atomic E-state index is 11.7. The van der Waals surface area contributed by atoms with Crippen molar-refractivity contribution in [3.63, 3.8) is 0 Å². The van der Waals surface area contributed by atoms with Crippen molar-refractivity contribution in [1.29, 1.82) is 0 Å². The van der Waals surface area contributed by atoms with Gasteiger partial charge in [0.15, 0.2) is 0 Å². The van der Waals surface area contributed by atoms with Gasteiger partial charge in [0, 0.05) is 18.6 Å². The van der Waals surface area contributed by atoms with E-state index in [1.54, 1.807) is 0 Å². The lowest BCUT2D eigenvalue weighted by molar-refractivity contribution is -0.127. The molecule has 0 aromatic carbocycles. The minimum Gasteiger partial charge on any atom is -0.368 e. The molecule has 0 aromatic rings. The van der Waals surface area contributed by atoms with Crippen LogP contribution in [0.2, 0.25) is 0 Å². The number of rotatable bonds is 7. The number of nitrogens with two attached hydrogens (primary N) is 1. The van der Waals surface area contributed by atoms with Gasteiger partial charge < -0.3 is 21.3 Å². The lowest BCUT2D eigenvalue weighted by Crippen LogP contribution is -2.49. The highest BCUT2D eigenvalue weighted by atomic mass is 16.2. The predicted molar refractivity (Wildman–Crippen MR) is 72.1 cm³/mol. The molecule has 0 aliphatic carbocycles. The van der Waals surface area contributed by atoms with E-state index in [9.17, 15) is 9.59 Å². The molecule has 18 heavy (non-hydrogen) atoms. The summed E-state index contributed by atoms with van der Waals surface area (Å²) >= 11 is 0. The van der Waals surface area contributed by atoms with Gasteiger partial charge in [0.05, 0.1) is 12.5 Å². The van der Waals surface area contributed by atoms with Gasteiger partial charge in [-0.1, -0.05) is 0 Å². The molecule has 0 fully saturated rings. The summed E-state index contributed by atoms with van der Waals surface area (Å²) in [4.78, 5) is 24.9. The smallest absolute Gasteiger partial charge is 0.235 e. The Balaban J connectivity index is 4.19. The van der Waals surface area contributed by atoms with E-state index >= 15 is 0 Å². The average Bonchev–Trinajstić information content (AvgIpc) is 2.12. The van der Waals surface area contributed by atoms with Gasteiger partial charge in [-0.15, -0.1) is 0 Å². The number of hydrogen-bond donors (Lipinski definition) is 3. The monoisotopic (exact) mass is 258 g/mol. The molecular formula is C12H26N4O2. The zero-order chi connectivity index (χ0) is 14.3. The van der Waals surface area contributed by atoms with Crippen LogP contribution in [0.5, 0.6) is 0 Å². The lowest BCUT2D eigenvalue weighted by Gasteiger charge is -2.23. The zero-order valence-electron chi connectivity index (χ0n) is 12.0. The van der Waals surface area contributed by atoms with E-state index in [0.717, 1.165) is 6.54 Å². The molecule has 1 atom stereocenters. The lowest BCUT2D eigenvalue weighted by atomic mass is 10.1. The van der Waals surface area contributed by atoms with Crippen molar-refractivity contribution in [2.45, 2.75) is 38.8 Å². The Morgan fingerprint density at radius 1 is 1.28 bits per heavy atom. The highest BCUT2D eigenvalue weighted by Crippen LogP contribution is 2.01. The maximum Gasteiger partial charge on any atom is 0.235 e. The standard InChI is InChI=1S/C12H26N4O2/c1-12(2,3)15-10(17)8-9(11(13)18)14-6-7-16(4)5/h9,14H,6-8H2,1-5H3,(H2,13,18)(H,15,17). The van der Waals surface area contributed by atoms with E-state index < -0.39 is 11.9 Å². The predicted octanol–water partition coefficient (Wildman–Crippen LogP) is -0.704. The second kappa shape index (κ2) is 7.33. The second-order valence-electron chi connectivity index (χ2n) is 5.71. The average molecular weight is 258 g/mol. The Morgan fingerprint density at radius 3 is 2.22 bits per heavy atom. The Hall–Kier alpha value is -1.14. The number of likely N-dealkylation sites (N-methyl/N-ethyl adjacent to an activating group) is 1. The van der Waals surface area contributed by atoms with Crippen LogP contribution in [-0.4, -0.2) is 55.5 Å². The largest absolute Gasteiger partial charge is 0.368 e. The van der Waals surface area contributed by atoms with Gasteiger partial charge in [-0.2, -0.15) is 0 Å². The van der Waals surface area contributed by atoms with Crippen LogP contribution in [0.3, 0.4) is 0 Å². The highest BCUT2D eigenvalue weighted by molar-refractivity contribution is 5.87. The molecule has 0 aliphatic rings. The normalized spacial score (nSPS) is 13.4. The molecule has 106 valence electrons. The topological polar surface area (TPSA) is 87.5 Å². The van der Waals surface area contributed by atoms with Crippen LogP contribution in [0.25, 0.3) is 0 Å². The molecule has 6 heteroatoms. The zero-order valence-corrected chi connectivity index (χ0v) is 12.0. The van der Waals surface area contributed by atoms with Crippen LogP contribution in [0, 0.1) is 0 Å². The van der Waals surface area contributed by atoms with Crippen molar-refractivity contribution in [2.75, 3.05) is 27.2 Å². The van der Waals surface area contributed by atoms with Gasteiger partial charge in [-0.05, 0) is 34.9 Å². The Kier molecular flexibility index (Phi) is 6.86. The maximum absolute atomic E-state index is 11.7. The molecule has 0 spiro atoms. The molecule has 0 saturated carbocycles. The third-order valence-corrected chi connectivity index (χ3v) is 2.20. The molecular weight excluding hydrogens is 232 g/mol. The van der Waals surface area contributed by atoms with Gasteiger partial charge in [0.25, 0.3) is 0 Å². The first-order chi connectivity index (χ1) is 8.11. The van der Waals surface area contributed by atoms with Crippen molar-refractivity contribution >= 4 is 11.8 Å². The molecule has 0 aromatic heterocycles. The second-order valence-corrected chi connectivity index (χ2v) is 5.71. The molecule has 1 unspecified atom stereocenters. The SMILES string of the molecule is CN(C)CCNC(CC(=O)NC(C)(C)C)C(N)=O. The first-order valence-corrected chi connectivity index (χ1v) is 6.10. The summed E-state index contributed by atoms with van der Waals surface area (Å²) in [6.07, 6.45) is 0.0695. The van der Waals surface area contributed by atoms with Crippen LogP contribution in [0.4, 0.5) is 0 Å². The van der Waals surface area contributed by atoms with Crippen LogP contribution in [0.1, 0.15) is 27.2 Å². The van der Waals surface area contributed by atoms with Gasteiger partial charge >= 0.3 is 0 Å². The van der Waals surface area contributed by atoms with Gasteiger partial charge in [-0.25, -0.2) is 0 Å². The Labute approximate surface area is 109 Å². The van der Waals surface area contributed by atoms with E-state index in [1.165, 1.54) is 0 Å². The van der Waals surface area contributed by atoms with Crippen LogP contribution in [-0.2, 0) is 9.59 Å². The fourth-order valence-electron chi connectivity index (χ4n) is 1.39. The summed E-state index contributed by atoms with van der Waals surface area (Å²) in [6, 6.07) is -0.618. The summed E-state index contributed by atoms with van der Waals surface area (Å²) in [5, 5.41) is 5.80.